The monoisotopic (exact) mass is 295 g/mol. The van der Waals surface area contributed by atoms with Gasteiger partial charge in [-0.25, -0.2) is 0 Å². The van der Waals surface area contributed by atoms with Crippen LogP contribution in [0.5, 0.6) is 0 Å². The summed E-state index contributed by atoms with van der Waals surface area (Å²) in [5, 5.41) is 10.3. The van der Waals surface area contributed by atoms with Crippen molar-refractivity contribution in [2.75, 3.05) is 26.2 Å². The topological polar surface area (TPSA) is 32.7 Å². The quantitative estimate of drug-likeness (QED) is 0.846. The minimum absolute atomic E-state index is 0.308. The van der Waals surface area contributed by atoms with Crippen LogP contribution < -0.4 is 0 Å². The van der Waals surface area contributed by atoms with Crippen molar-refractivity contribution in [2.24, 2.45) is 16.7 Å². The van der Waals surface area contributed by atoms with Gasteiger partial charge in [0.25, 0.3) is 0 Å². The molecule has 3 nitrogen and oxygen atoms in total. The number of hydrogen-bond donors (Lipinski definition) is 1. The second kappa shape index (κ2) is 5.82. The molecule has 2 saturated carbocycles. The van der Waals surface area contributed by atoms with Crippen molar-refractivity contribution in [3.05, 3.63) is 0 Å². The first-order valence-corrected chi connectivity index (χ1v) is 8.95. The van der Waals surface area contributed by atoms with Crippen LogP contribution >= 0.6 is 0 Å². The summed E-state index contributed by atoms with van der Waals surface area (Å²) < 4.78 is 6.20. The third kappa shape index (κ3) is 2.77. The molecule has 1 saturated heterocycles. The SMILES string of the molecule is CC1(C)[C@H]2CC[C@]1(C)[C@H](OC[C@H](O)CN1CCCCC1)C2. The lowest BCUT2D eigenvalue weighted by Gasteiger charge is -2.39. The van der Waals surface area contributed by atoms with E-state index in [9.17, 15) is 5.11 Å². The maximum Gasteiger partial charge on any atom is 0.0900 e. The number of piperidine rings is 1. The molecule has 0 radical (unpaired) electrons. The Morgan fingerprint density at radius 1 is 1.19 bits per heavy atom. The van der Waals surface area contributed by atoms with Crippen molar-refractivity contribution in [1.29, 1.82) is 0 Å². The molecular formula is C18H33NO2. The number of likely N-dealkylation sites (tertiary alicyclic amines) is 1. The van der Waals surface area contributed by atoms with Crippen molar-refractivity contribution < 1.29 is 9.84 Å². The van der Waals surface area contributed by atoms with E-state index < -0.39 is 0 Å². The van der Waals surface area contributed by atoms with Crippen LogP contribution in [-0.2, 0) is 4.74 Å². The van der Waals surface area contributed by atoms with Crippen LogP contribution in [0.2, 0.25) is 0 Å². The highest BCUT2D eigenvalue weighted by Crippen LogP contribution is 2.66. The number of aliphatic hydroxyl groups excluding tert-OH is 1. The molecule has 1 N–H and O–H groups in total. The predicted octanol–water partition coefficient (Wildman–Crippen LogP) is 3.06. The minimum atomic E-state index is -0.325. The maximum absolute atomic E-state index is 10.3. The number of aliphatic hydroxyl groups is 1. The fourth-order valence-corrected chi connectivity index (χ4v) is 5.10. The van der Waals surface area contributed by atoms with Crippen LogP contribution in [-0.4, -0.2) is 48.5 Å². The fourth-order valence-electron chi connectivity index (χ4n) is 5.10. The van der Waals surface area contributed by atoms with Crippen LogP contribution in [0.4, 0.5) is 0 Å². The Bertz CT molecular complexity index is 364. The van der Waals surface area contributed by atoms with E-state index in [0.717, 1.165) is 25.6 Å². The molecule has 3 aliphatic rings. The molecule has 0 amide bonds. The lowest BCUT2D eigenvalue weighted by atomic mass is 9.70. The van der Waals surface area contributed by atoms with Gasteiger partial charge in [0, 0.05) is 6.54 Å². The Balaban J connectivity index is 1.47. The number of β-amino-alcohol motifs (C(OH)–C–C–N with tert-alkyl or cyclic N) is 1. The summed E-state index contributed by atoms with van der Waals surface area (Å²) in [5.74, 6) is 0.812. The van der Waals surface area contributed by atoms with Crippen molar-refractivity contribution in [2.45, 2.75) is 71.5 Å². The molecule has 4 atom stereocenters. The van der Waals surface area contributed by atoms with Gasteiger partial charge in [0.1, 0.15) is 0 Å². The van der Waals surface area contributed by atoms with E-state index in [-0.39, 0.29) is 6.10 Å². The number of fused-ring (bicyclic) bond motifs is 2. The zero-order valence-corrected chi connectivity index (χ0v) is 14.1. The van der Waals surface area contributed by atoms with E-state index in [1.807, 2.05) is 0 Å². The maximum atomic E-state index is 10.3. The highest BCUT2D eigenvalue weighted by Gasteiger charge is 2.61. The van der Waals surface area contributed by atoms with E-state index in [1.165, 1.54) is 38.5 Å². The molecular weight excluding hydrogens is 262 g/mol. The molecule has 0 aromatic rings. The molecule has 0 aromatic heterocycles. The van der Waals surface area contributed by atoms with Gasteiger partial charge < -0.3 is 14.7 Å². The molecule has 1 heterocycles. The highest BCUT2D eigenvalue weighted by atomic mass is 16.5. The fraction of sp³-hybridized carbons (Fsp3) is 1.00. The minimum Gasteiger partial charge on any atom is -0.389 e. The lowest BCUT2D eigenvalue weighted by molar-refractivity contribution is -0.0798. The van der Waals surface area contributed by atoms with Gasteiger partial charge in [-0.2, -0.15) is 0 Å². The summed E-state index contributed by atoms with van der Waals surface area (Å²) in [7, 11) is 0. The second-order valence-electron chi connectivity index (χ2n) is 8.45. The summed E-state index contributed by atoms with van der Waals surface area (Å²) in [6, 6.07) is 0. The first-order valence-electron chi connectivity index (χ1n) is 8.95. The second-order valence-corrected chi connectivity index (χ2v) is 8.45. The summed E-state index contributed by atoms with van der Waals surface area (Å²) in [6.45, 7) is 10.8. The third-order valence-corrected chi connectivity index (χ3v) is 7.12. The molecule has 21 heavy (non-hydrogen) atoms. The number of ether oxygens (including phenoxy) is 1. The number of hydrogen-bond acceptors (Lipinski definition) is 3. The van der Waals surface area contributed by atoms with Gasteiger partial charge in [0.05, 0.1) is 18.8 Å². The first kappa shape index (κ1) is 15.8. The van der Waals surface area contributed by atoms with Gasteiger partial charge in [0.15, 0.2) is 0 Å². The van der Waals surface area contributed by atoms with Crippen LogP contribution in [0.25, 0.3) is 0 Å². The molecule has 2 aliphatic carbocycles. The molecule has 0 unspecified atom stereocenters. The summed E-state index contributed by atoms with van der Waals surface area (Å²) >= 11 is 0. The van der Waals surface area contributed by atoms with Gasteiger partial charge >= 0.3 is 0 Å². The normalized spacial score (nSPS) is 40.6. The Kier molecular flexibility index (Phi) is 4.37. The number of rotatable bonds is 5. The molecule has 1 aliphatic heterocycles. The Hall–Kier alpha value is -0.120. The van der Waals surface area contributed by atoms with Gasteiger partial charge in [-0.3, -0.25) is 0 Å². The molecule has 0 spiro atoms. The Morgan fingerprint density at radius 2 is 1.90 bits per heavy atom. The smallest absolute Gasteiger partial charge is 0.0900 e. The van der Waals surface area contributed by atoms with E-state index in [4.69, 9.17) is 4.74 Å². The first-order chi connectivity index (χ1) is 9.93. The van der Waals surface area contributed by atoms with E-state index in [0.29, 0.717) is 23.5 Å². The molecule has 3 rings (SSSR count). The number of nitrogens with zero attached hydrogens (tertiary/aromatic N) is 1. The Labute approximate surface area is 130 Å². The summed E-state index contributed by atoms with van der Waals surface area (Å²) in [6.07, 6.45) is 7.78. The van der Waals surface area contributed by atoms with Crippen LogP contribution in [0, 0.1) is 16.7 Å². The van der Waals surface area contributed by atoms with Gasteiger partial charge in [0.2, 0.25) is 0 Å². The zero-order valence-electron chi connectivity index (χ0n) is 14.1. The molecule has 0 aromatic carbocycles. The summed E-state index contributed by atoms with van der Waals surface area (Å²) in [4.78, 5) is 2.39. The van der Waals surface area contributed by atoms with Gasteiger partial charge in [-0.15, -0.1) is 0 Å². The van der Waals surface area contributed by atoms with Crippen molar-refractivity contribution in [3.63, 3.8) is 0 Å². The standard InChI is InChI=1S/C18H33NO2/c1-17(2)14-7-8-18(17,3)16(11-14)21-13-15(20)12-19-9-5-4-6-10-19/h14-16,20H,4-13H2,1-3H3/t14-,15+,16+,18+/m0/s1. The molecule has 122 valence electrons. The highest BCUT2D eigenvalue weighted by molar-refractivity contribution is 5.11. The lowest BCUT2D eigenvalue weighted by Crippen LogP contribution is -2.41. The van der Waals surface area contributed by atoms with Crippen molar-refractivity contribution in [1.82, 2.24) is 4.90 Å². The van der Waals surface area contributed by atoms with Gasteiger partial charge in [-0.05, 0) is 61.9 Å². The van der Waals surface area contributed by atoms with Gasteiger partial charge in [-0.1, -0.05) is 27.2 Å². The molecule has 2 bridgehead atoms. The third-order valence-electron chi connectivity index (χ3n) is 7.12. The average Bonchev–Trinajstić information content (AvgIpc) is 2.79. The zero-order chi connectivity index (χ0) is 15.1. The van der Waals surface area contributed by atoms with E-state index in [1.54, 1.807) is 0 Å². The predicted molar refractivity (Wildman–Crippen MR) is 85.3 cm³/mol. The summed E-state index contributed by atoms with van der Waals surface area (Å²) in [5.41, 5.74) is 0.706. The van der Waals surface area contributed by atoms with Crippen LogP contribution in [0.1, 0.15) is 59.3 Å². The molecule has 3 fully saturated rings. The average molecular weight is 295 g/mol. The Morgan fingerprint density at radius 3 is 2.48 bits per heavy atom. The van der Waals surface area contributed by atoms with Crippen LogP contribution in [0.15, 0.2) is 0 Å². The molecule has 3 heteroatoms. The van der Waals surface area contributed by atoms with E-state index in [2.05, 4.69) is 25.7 Å². The van der Waals surface area contributed by atoms with E-state index >= 15 is 0 Å². The van der Waals surface area contributed by atoms with Crippen molar-refractivity contribution >= 4 is 0 Å². The van der Waals surface area contributed by atoms with Crippen LogP contribution in [0.3, 0.4) is 0 Å². The largest absolute Gasteiger partial charge is 0.389 e. The van der Waals surface area contributed by atoms with Crippen molar-refractivity contribution in [3.8, 4) is 0 Å².